The van der Waals surface area contributed by atoms with E-state index in [1.54, 1.807) is 18.2 Å². The molecule has 7 heteroatoms. The summed E-state index contributed by atoms with van der Waals surface area (Å²) in [5.41, 5.74) is 1.18. The van der Waals surface area contributed by atoms with Gasteiger partial charge in [-0.15, -0.1) is 0 Å². The smallest absolute Gasteiger partial charge is 0.416 e. The number of carbonyl (C=O) groups is 1. The van der Waals surface area contributed by atoms with Gasteiger partial charge in [-0.2, -0.15) is 13.2 Å². The minimum atomic E-state index is -4.35. The van der Waals surface area contributed by atoms with E-state index in [9.17, 15) is 18.0 Å². The minimum Gasteiger partial charge on any atom is -0.490 e. The fourth-order valence-electron chi connectivity index (χ4n) is 2.70. The number of hydrogen-bond acceptors (Lipinski definition) is 4. The fraction of sp³-hybridized carbons (Fsp3) is 0.278. The first kappa shape index (κ1) is 17.1. The number of esters is 1. The van der Waals surface area contributed by atoms with Crippen molar-refractivity contribution in [1.29, 1.82) is 0 Å². The summed E-state index contributed by atoms with van der Waals surface area (Å²) in [5.74, 6) is 0.175. The van der Waals surface area contributed by atoms with Crippen LogP contribution in [0.4, 0.5) is 18.9 Å². The molecule has 0 fully saturated rings. The highest BCUT2D eigenvalue weighted by atomic mass is 19.4. The molecule has 0 saturated carbocycles. The molecule has 0 radical (unpaired) electrons. The molecule has 2 aromatic carbocycles. The van der Waals surface area contributed by atoms with Gasteiger partial charge in [0.2, 0.25) is 0 Å². The van der Waals surface area contributed by atoms with Crippen molar-refractivity contribution in [3.8, 4) is 5.75 Å². The molecule has 132 valence electrons. The summed E-state index contributed by atoms with van der Waals surface area (Å²) in [7, 11) is 1.30. The third-order valence-electron chi connectivity index (χ3n) is 3.99. The van der Waals surface area contributed by atoms with Gasteiger partial charge in [0, 0.05) is 6.54 Å². The van der Waals surface area contributed by atoms with E-state index in [2.05, 4.69) is 0 Å². The van der Waals surface area contributed by atoms with E-state index < -0.39 is 17.7 Å². The first-order chi connectivity index (χ1) is 11.9. The average Bonchev–Trinajstić information content (AvgIpc) is 2.60. The Morgan fingerprint density at radius 3 is 2.56 bits per heavy atom. The van der Waals surface area contributed by atoms with E-state index in [0.717, 1.165) is 17.7 Å². The van der Waals surface area contributed by atoms with Gasteiger partial charge in [0.25, 0.3) is 0 Å². The summed E-state index contributed by atoms with van der Waals surface area (Å²) in [6.07, 6.45) is -4.35. The maximum atomic E-state index is 12.7. The lowest BCUT2D eigenvalue weighted by atomic mass is 10.1. The molecule has 0 bridgehead atoms. The topological polar surface area (TPSA) is 38.8 Å². The monoisotopic (exact) mass is 351 g/mol. The summed E-state index contributed by atoms with van der Waals surface area (Å²) >= 11 is 0. The summed E-state index contributed by atoms with van der Waals surface area (Å²) in [5, 5.41) is 0. The van der Waals surface area contributed by atoms with Crippen molar-refractivity contribution in [2.75, 3.05) is 25.2 Å². The SMILES string of the molecule is COC(=O)c1ccc2c(c1)N(Cc1ccc(C(F)(F)F)cc1)CCO2. The van der Waals surface area contributed by atoms with Crippen molar-refractivity contribution >= 4 is 11.7 Å². The maximum Gasteiger partial charge on any atom is 0.416 e. The Labute approximate surface area is 142 Å². The van der Waals surface area contributed by atoms with Crippen LogP contribution in [0.25, 0.3) is 0 Å². The molecule has 1 aliphatic rings. The van der Waals surface area contributed by atoms with Crippen LogP contribution in [0.5, 0.6) is 5.75 Å². The van der Waals surface area contributed by atoms with Gasteiger partial charge in [-0.25, -0.2) is 4.79 Å². The van der Waals surface area contributed by atoms with Crippen LogP contribution in [-0.2, 0) is 17.5 Å². The second-order valence-electron chi connectivity index (χ2n) is 5.64. The first-order valence-corrected chi connectivity index (χ1v) is 7.65. The number of carbonyl (C=O) groups excluding carboxylic acids is 1. The van der Waals surface area contributed by atoms with E-state index in [-0.39, 0.29) is 0 Å². The lowest BCUT2D eigenvalue weighted by molar-refractivity contribution is -0.137. The molecule has 0 amide bonds. The predicted octanol–water partition coefficient (Wildman–Crippen LogP) is 3.89. The van der Waals surface area contributed by atoms with E-state index in [1.807, 2.05) is 4.90 Å². The summed E-state index contributed by atoms with van der Waals surface area (Å²) in [6, 6.07) is 10.0. The lowest BCUT2D eigenvalue weighted by Crippen LogP contribution is -2.32. The van der Waals surface area contributed by atoms with Gasteiger partial charge < -0.3 is 14.4 Å². The van der Waals surface area contributed by atoms with Crippen LogP contribution in [-0.4, -0.2) is 26.2 Å². The third-order valence-corrected chi connectivity index (χ3v) is 3.99. The Morgan fingerprint density at radius 1 is 1.20 bits per heavy atom. The van der Waals surface area contributed by atoms with Crippen LogP contribution in [0.2, 0.25) is 0 Å². The fourth-order valence-corrected chi connectivity index (χ4v) is 2.70. The largest absolute Gasteiger partial charge is 0.490 e. The van der Waals surface area contributed by atoms with Crippen molar-refractivity contribution in [3.05, 3.63) is 59.2 Å². The second kappa shape index (κ2) is 6.66. The Hall–Kier alpha value is -2.70. The normalized spacial score (nSPS) is 13.8. The van der Waals surface area contributed by atoms with E-state index >= 15 is 0 Å². The predicted molar refractivity (Wildman–Crippen MR) is 85.8 cm³/mol. The van der Waals surface area contributed by atoms with Gasteiger partial charge in [-0.05, 0) is 35.9 Å². The van der Waals surface area contributed by atoms with Crippen LogP contribution in [0.15, 0.2) is 42.5 Å². The van der Waals surface area contributed by atoms with Crippen LogP contribution in [0.3, 0.4) is 0 Å². The second-order valence-corrected chi connectivity index (χ2v) is 5.64. The molecule has 25 heavy (non-hydrogen) atoms. The average molecular weight is 351 g/mol. The van der Waals surface area contributed by atoms with E-state index in [0.29, 0.717) is 36.7 Å². The number of methoxy groups -OCH3 is 1. The van der Waals surface area contributed by atoms with Crippen LogP contribution >= 0.6 is 0 Å². The van der Waals surface area contributed by atoms with Crippen LogP contribution < -0.4 is 9.64 Å². The van der Waals surface area contributed by atoms with Crippen molar-refractivity contribution in [3.63, 3.8) is 0 Å². The zero-order chi connectivity index (χ0) is 18.0. The Kier molecular flexibility index (Phi) is 4.57. The van der Waals surface area contributed by atoms with Crippen molar-refractivity contribution in [2.45, 2.75) is 12.7 Å². The van der Waals surface area contributed by atoms with Gasteiger partial charge >= 0.3 is 12.1 Å². The highest BCUT2D eigenvalue weighted by Crippen LogP contribution is 2.34. The van der Waals surface area contributed by atoms with E-state index in [1.165, 1.54) is 19.2 Å². The number of alkyl halides is 3. The number of hydrogen-bond donors (Lipinski definition) is 0. The molecule has 3 rings (SSSR count). The molecule has 1 aliphatic heterocycles. The molecule has 0 spiro atoms. The van der Waals surface area contributed by atoms with Gasteiger partial charge in [0.15, 0.2) is 0 Å². The van der Waals surface area contributed by atoms with E-state index in [4.69, 9.17) is 9.47 Å². The van der Waals surface area contributed by atoms with Crippen LogP contribution in [0.1, 0.15) is 21.5 Å². The maximum absolute atomic E-state index is 12.7. The molecule has 2 aromatic rings. The van der Waals surface area contributed by atoms with Crippen molar-refractivity contribution < 1.29 is 27.4 Å². The molecular formula is C18H16F3NO3. The molecular weight excluding hydrogens is 335 g/mol. The quantitative estimate of drug-likeness (QED) is 0.787. The van der Waals surface area contributed by atoms with Gasteiger partial charge in [0.1, 0.15) is 12.4 Å². The summed E-state index contributed by atoms with van der Waals surface area (Å²) in [6.45, 7) is 1.45. The third kappa shape index (κ3) is 3.70. The number of benzene rings is 2. The standard InChI is InChI=1S/C18H16F3NO3/c1-24-17(23)13-4-7-16-15(10-13)22(8-9-25-16)11-12-2-5-14(6-3-12)18(19,20)21/h2-7,10H,8-9,11H2,1H3. The molecule has 0 atom stereocenters. The zero-order valence-electron chi connectivity index (χ0n) is 13.5. The summed E-state index contributed by atoms with van der Waals surface area (Å²) < 4.78 is 48.3. The first-order valence-electron chi connectivity index (χ1n) is 7.65. The number of nitrogens with zero attached hydrogens (tertiary/aromatic N) is 1. The number of ether oxygens (including phenoxy) is 2. The van der Waals surface area contributed by atoms with Gasteiger partial charge in [-0.3, -0.25) is 0 Å². The summed E-state index contributed by atoms with van der Waals surface area (Å²) in [4.78, 5) is 13.7. The number of halogens is 3. The molecule has 4 nitrogen and oxygen atoms in total. The lowest BCUT2D eigenvalue weighted by Gasteiger charge is -2.31. The number of rotatable bonds is 3. The molecule has 0 saturated heterocycles. The number of fused-ring (bicyclic) bond motifs is 1. The molecule has 0 unspecified atom stereocenters. The highest BCUT2D eigenvalue weighted by Gasteiger charge is 2.30. The minimum absolute atomic E-state index is 0.393. The molecule has 1 heterocycles. The Morgan fingerprint density at radius 2 is 1.92 bits per heavy atom. The van der Waals surface area contributed by atoms with Crippen molar-refractivity contribution in [1.82, 2.24) is 0 Å². The molecule has 0 aromatic heterocycles. The highest BCUT2D eigenvalue weighted by molar-refractivity contribution is 5.91. The number of anilines is 1. The van der Waals surface area contributed by atoms with Crippen molar-refractivity contribution in [2.24, 2.45) is 0 Å². The molecule has 0 N–H and O–H groups in total. The Balaban J connectivity index is 1.84. The Bertz CT molecular complexity index is 772. The zero-order valence-corrected chi connectivity index (χ0v) is 13.5. The van der Waals surface area contributed by atoms with Gasteiger partial charge in [0.05, 0.1) is 30.5 Å². The van der Waals surface area contributed by atoms with Crippen LogP contribution in [0, 0.1) is 0 Å². The molecule has 0 aliphatic carbocycles. The van der Waals surface area contributed by atoms with Gasteiger partial charge in [-0.1, -0.05) is 12.1 Å².